The maximum atomic E-state index is 11.5. The number of ether oxygens (including phenoxy) is 1. The number of nitriles is 1. The summed E-state index contributed by atoms with van der Waals surface area (Å²) in [5.74, 6) is 0.130. The highest BCUT2D eigenvalue weighted by molar-refractivity contribution is 5.91. The monoisotopic (exact) mass is 380 g/mol. The van der Waals surface area contributed by atoms with Crippen molar-refractivity contribution in [1.82, 2.24) is 9.97 Å². The zero-order chi connectivity index (χ0) is 20.1. The van der Waals surface area contributed by atoms with Crippen LogP contribution in [0.25, 0.3) is 11.4 Å². The van der Waals surface area contributed by atoms with E-state index in [1.54, 1.807) is 24.3 Å². The Morgan fingerprint density at radius 2 is 2.11 bits per heavy atom. The molecule has 0 saturated heterocycles. The number of aliphatic hydroxyl groups is 2. The fraction of sp³-hybridized carbons (Fsp3) is 0.300. The number of carbonyl (C=O) groups excluding carboxylic acids is 1. The summed E-state index contributed by atoms with van der Waals surface area (Å²) in [5.41, 5.74) is 6.77. The molecule has 0 spiro atoms. The van der Waals surface area contributed by atoms with Gasteiger partial charge in [0.15, 0.2) is 5.82 Å². The van der Waals surface area contributed by atoms with E-state index in [-0.39, 0.29) is 23.3 Å². The number of amides is 1. The number of carbonyl (C=O) groups is 1. The number of allylic oxidation sites excluding steroid dienone is 1. The fourth-order valence-corrected chi connectivity index (χ4v) is 2.88. The van der Waals surface area contributed by atoms with Gasteiger partial charge in [-0.1, -0.05) is 6.08 Å². The van der Waals surface area contributed by atoms with Gasteiger partial charge in [0.2, 0.25) is 0 Å². The molecule has 0 radical (unpaired) electrons. The van der Waals surface area contributed by atoms with Gasteiger partial charge in [-0.2, -0.15) is 5.26 Å². The molecule has 8 nitrogen and oxygen atoms in total. The average Bonchev–Trinajstić information content (AvgIpc) is 2.74. The predicted octanol–water partition coefficient (Wildman–Crippen LogP) is 1.65. The second kappa shape index (κ2) is 8.61. The number of nitrogens with two attached hydrogens (primary N) is 1. The van der Waals surface area contributed by atoms with Gasteiger partial charge in [0, 0.05) is 17.6 Å². The first-order chi connectivity index (χ1) is 13.5. The molecule has 1 amide bonds. The first-order valence-electron chi connectivity index (χ1n) is 8.84. The Labute approximate surface area is 161 Å². The Hall–Kier alpha value is -3.28. The van der Waals surface area contributed by atoms with Crippen molar-refractivity contribution in [2.24, 2.45) is 5.73 Å². The molecule has 1 aliphatic carbocycles. The molecule has 3 rings (SSSR count). The van der Waals surface area contributed by atoms with Crippen molar-refractivity contribution < 1.29 is 19.7 Å². The van der Waals surface area contributed by atoms with Gasteiger partial charge >= 0.3 is 0 Å². The number of rotatable bonds is 6. The fourth-order valence-electron chi connectivity index (χ4n) is 2.88. The quantitative estimate of drug-likeness (QED) is 0.691. The minimum atomic E-state index is -1.24. The van der Waals surface area contributed by atoms with E-state index >= 15 is 0 Å². The highest BCUT2D eigenvalue weighted by atomic mass is 16.5. The van der Waals surface area contributed by atoms with Gasteiger partial charge in [-0.05, 0) is 43.2 Å². The van der Waals surface area contributed by atoms with E-state index in [1.807, 2.05) is 6.08 Å². The third kappa shape index (κ3) is 4.52. The summed E-state index contributed by atoms with van der Waals surface area (Å²) in [6.07, 6.45) is 2.87. The topological polar surface area (TPSA) is 142 Å². The molecule has 0 aliphatic heterocycles. The molecule has 1 aliphatic rings. The molecular weight excluding hydrogens is 360 g/mol. The lowest BCUT2D eigenvalue weighted by atomic mass is 9.98. The number of benzene rings is 1. The smallest absolute Gasteiger partial charge is 0.267 e. The summed E-state index contributed by atoms with van der Waals surface area (Å²) >= 11 is 0. The Morgan fingerprint density at radius 3 is 2.68 bits per heavy atom. The number of primary amides is 1. The van der Waals surface area contributed by atoms with Crippen LogP contribution in [0.2, 0.25) is 0 Å². The molecule has 2 atom stereocenters. The van der Waals surface area contributed by atoms with Crippen molar-refractivity contribution in [2.75, 3.05) is 6.61 Å². The van der Waals surface area contributed by atoms with Gasteiger partial charge in [-0.15, -0.1) is 0 Å². The number of hydrogen-bond acceptors (Lipinski definition) is 7. The van der Waals surface area contributed by atoms with Crippen LogP contribution in [0.5, 0.6) is 5.75 Å². The lowest BCUT2D eigenvalue weighted by molar-refractivity contribution is 0.0916. The van der Waals surface area contributed by atoms with Crippen LogP contribution in [0.1, 0.15) is 41.5 Å². The zero-order valence-electron chi connectivity index (χ0n) is 15.1. The molecule has 144 valence electrons. The molecule has 2 unspecified atom stereocenters. The van der Waals surface area contributed by atoms with Crippen LogP contribution >= 0.6 is 0 Å². The molecule has 0 saturated carbocycles. The lowest BCUT2D eigenvalue weighted by Crippen LogP contribution is -2.18. The lowest BCUT2D eigenvalue weighted by Gasteiger charge is -2.21. The van der Waals surface area contributed by atoms with Crippen molar-refractivity contribution in [3.8, 4) is 23.2 Å². The van der Waals surface area contributed by atoms with Crippen molar-refractivity contribution >= 4 is 5.91 Å². The SMILES string of the molecule is N#CC1=CCC(Oc2ccc(-c3nc(C(N)=O)cc(C(O)CO)n3)cc2)CC1. The molecular formula is C20H20N4O4. The minimum absolute atomic E-state index is 0.0173. The second-order valence-electron chi connectivity index (χ2n) is 6.44. The van der Waals surface area contributed by atoms with E-state index in [4.69, 9.17) is 20.8 Å². The predicted molar refractivity (Wildman–Crippen MR) is 100.0 cm³/mol. The maximum Gasteiger partial charge on any atom is 0.267 e. The van der Waals surface area contributed by atoms with E-state index in [2.05, 4.69) is 16.0 Å². The number of aliphatic hydroxyl groups excluding tert-OH is 2. The summed E-state index contributed by atoms with van der Waals surface area (Å²) < 4.78 is 5.94. The van der Waals surface area contributed by atoms with E-state index < -0.39 is 18.6 Å². The summed E-state index contributed by atoms with van der Waals surface area (Å²) in [4.78, 5) is 19.8. The van der Waals surface area contributed by atoms with Crippen LogP contribution in [-0.2, 0) is 0 Å². The van der Waals surface area contributed by atoms with Crippen LogP contribution in [-0.4, -0.2) is 38.8 Å². The van der Waals surface area contributed by atoms with Crippen LogP contribution in [0.3, 0.4) is 0 Å². The van der Waals surface area contributed by atoms with E-state index in [9.17, 15) is 9.90 Å². The largest absolute Gasteiger partial charge is 0.490 e. The summed E-state index contributed by atoms with van der Waals surface area (Å²) in [6.45, 7) is -0.537. The molecule has 28 heavy (non-hydrogen) atoms. The Bertz CT molecular complexity index is 934. The van der Waals surface area contributed by atoms with Crippen LogP contribution in [0.4, 0.5) is 0 Å². The third-order valence-electron chi connectivity index (χ3n) is 4.43. The molecule has 1 heterocycles. The molecule has 1 aromatic heterocycles. The summed E-state index contributed by atoms with van der Waals surface area (Å²) in [5, 5.41) is 27.9. The summed E-state index contributed by atoms with van der Waals surface area (Å²) in [7, 11) is 0. The van der Waals surface area contributed by atoms with Crippen LogP contribution in [0.15, 0.2) is 42.0 Å². The molecule has 2 aromatic rings. The first kappa shape index (κ1) is 19.5. The van der Waals surface area contributed by atoms with Crippen LogP contribution in [0, 0.1) is 11.3 Å². The Kier molecular flexibility index (Phi) is 5.99. The van der Waals surface area contributed by atoms with Gasteiger partial charge in [-0.3, -0.25) is 4.79 Å². The van der Waals surface area contributed by atoms with Crippen LogP contribution < -0.4 is 10.5 Å². The summed E-state index contributed by atoms with van der Waals surface area (Å²) in [6, 6.07) is 10.4. The highest BCUT2D eigenvalue weighted by Crippen LogP contribution is 2.26. The number of nitrogens with zero attached hydrogens (tertiary/aromatic N) is 3. The normalized spacial score (nSPS) is 17.3. The standard InChI is InChI=1S/C20H20N4O4/c21-10-12-1-5-14(6-2-12)28-15-7-3-13(4-8-15)20-23-16(18(26)11-25)9-17(24-20)19(22)27/h1,3-4,7-9,14,18,25-26H,2,5-6,11H2,(H2,22,27). The maximum absolute atomic E-state index is 11.5. The van der Waals surface area contributed by atoms with Gasteiger partial charge in [0.25, 0.3) is 5.91 Å². The molecule has 0 fully saturated rings. The first-order valence-corrected chi connectivity index (χ1v) is 8.84. The van der Waals surface area contributed by atoms with E-state index in [0.29, 0.717) is 24.2 Å². The van der Waals surface area contributed by atoms with Crippen molar-refractivity contribution in [3.05, 3.63) is 53.4 Å². The number of hydrogen-bond donors (Lipinski definition) is 3. The van der Waals surface area contributed by atoms with Gasteiger partial charge in [0.1, 0.15) is 23.7 Å². The Balaban J connectivity index is 1.79. The van der Waals surface area contributed by atoms with E-state index in [1.165, 1.54) is 6.07 Å². The molecule has 4 N–H and O–H groups in total. The van der Waals surface area contributed by atoms with Crippen molar-refractivity contribution in [1.29, 1.82) is 5.26 Å². The highest BCUT2D eigenvalue weighted by Gasteiger charge is 2.17. The average molecular weight is 380 g/mol. The number of aromatic nitrogens is 2. The minimum Gasteiger partial charge on any atom is -0.490 e. The zero-order valence-corrected chi connectivity index (χ0v) is 15.1. The van der Waals surface area contributed by atoms with Crippen molar-refractivity contribution in [3.63, 3.8) is 0 Å². The van der Waals surface area contributed by atoms with Gasteiger partial charge in [0.05, 0.1) is 18.4 Å². The third-order valence-corrected chi connectivity index (χ3v) is 4.43. The van der Waals surface area contributed by atoms with Crippen molar-refractivity contribution in [2.45, 2.75) is 31.5 Å². The molecule has 1 aromatic carbocycles. The molecule has 8 heteroatoms. The Morgan fingerprint density at radius 1 is 1.36 bits per heavy atom. The van der Waals surface area contributed by atoms with E-state index in [0.717, 1.165) is 12.0 Å². The molecule has 0 bridgehead atoms. The second-order valence-corrected chi connectivity index (χ2v) is 6.44. The van der Waals surface area contributed by atoms with Gasteiger partial charge < -0.3 is 20.7 Å². The van der Waals surface area contributed by atoms with Gasteiger partial charge in [-0.25, -0.2) is 9.97 Å².